The maximum absolute atomic E-state index is 12.7. The first kappa shape index (κ1) is 25.7. The normalized spacial score (nSPS) is 11.7. The Hall–Kier alpha value is -3.52. The van der Waals surface area contributed by atoms with Gasteiger partial charge in [-0.25, -0.2) is 8.42 Å². The molecular weight excluding hydrogens is 471 g/mol. The molecule has 0 saturated carbocycles. The highest BCUT2D eigenvalue weighted by Crippen LogP contribution is 2.30. The van der Waals surface area contributed by atoms with Crippen molar-refractivity contribution in [2.75, 3.05) is 32.1 Å². The summed E-state index contributed by atoms with van der Waals surface area (Å²) in [5.41, 5.74) is -1.71. The van der Waals surface area contributed by atoms with Gasteiger partial charge in [-0.2, -0.15) is 17.9 Å². The minimum Gasteiger partial charge on any atom is -0.456 e. The number of Topliss-reactive ketones (excluding diaryl/α,β-unsaturated/α-hetero) is 1. The predicted molar refractivity (Wildman–Crippen MR) is 109 cm³/mol. The number of alkyl halides is 3. The van der Waals surface area contributed by atoms with Crippen LogP contribution in [0.4, 0.5) is 24.5 Å². The number of carbonyl (C=O) groups is 2. The van der Waals surface area contributed by atoms with Crippen molar-refractivity contribution >= 4 is 33.2 Å². The fraction of sp³-hybridized carbons (Fsp3) is 0.263. The number of esters is 1. The summed E-state index contributed by atoms with van der Waals surface area (Å²) in [5.74, 6) is -2.11. The first-order valence-electron chi connectivity index (χ1n) is 9.04. The Bertz CT molecular complexity index is 1180. The van der Waals surface area contributed by atoms with Crippen molar-refractivity contribution in [2.45, 2.75) is 11.1 Å². The summed E-state index contributed by atoms with van der Waals surface area (Å²) in [6.45, 7) is -1.83. The van der Waals surface area contributed by atoms with Crippen molar-refractivity contribution in [1.29, 1.82) is 0 Å². The Morgan fingerprint density at radius 1 is 1.15 bits per heavy atom. The lowest BCUT2D eigenvalue weighted by atomic mass is 10.1. The third-order valence-corrected chi connectivity index (χ3v) is 5.62. The number of ether oxygens (including phenoxy) is 1. The Balaban J connectivity index is 2.01. The molecule has 0 atom stereocenters. The first-order valence-corrected chi connectivity index (χ1v) is 10.5. The Morgan fingerprint density at radius 3 is 2.39 bits per heavy atom. The quantitative estimate of drug-likeness (QED) is 0.245. The zero-order valence-electron chi connectivity index (χ0n) is 17.2. The van der Waals surface area contributed by atoms with Crippen LogP contribution in [0.5, 0.6) is 0 Å². The van der Waals surface area contributed by atoms with Crippen molar-refractivity contribution in [3.63, 3.8) is 0 Å². The van der Waals surface area contributed by atoms with E-state index >= 15 is 0 Å². The third-order valence-electron chi connectivity index (χ3n) is 4.22. The number of nitrogens with zero attached hydrogens (tertiary/aromatic N) is 2. The lowest BCUT2D eigenvalue weighted by Crippen LogP contribution is -2.31. The van der Waals surface area contributed by atoms with Gasteiger partial charge in [0.05, 0.1) is 15.4 Å². The molecule has 33 heavy (non-hydrogen) atoms. The molecule has 0 spiro atoms. The summed E-state index contributed by atoms with van der Waals surface area (Å²) in [6.07, 6.45) is -4.66. The molecule has 14 heteroatoms. The van der Waals surface area contributed by atoms with E-state index in [1.165, 1.54) is 25.1 Å². The molecular formula is C19H18F3N3O7S. The molecule has 1 N–H and O–H groups in total. The Morgan fingerprint density at radius 2 is 1.82 bits per heavy atom. The number of carbonyl (C=O) groups excluding carboxylic acids is 2. The number of ketones is 1. The number of nitro benzene ring substituents is 1. The summed E-state index contributed by atoms with van der Waals surface area (Å²) in [7, 11) is -1.28. The third kappa shape index (κ3) is 6.73. The van der Waals surface area contributed by atoms with Gasteiger partial charge in [0.25, 0.3) is 5.69 Å². The number of anilines is 1. The molecule has 0 radical (unpaired) electrons. The number of sulfonamides is 1. The van der Waals surface area contributed by atoms with Crippen molar-refractivity contribution in [3.8, 4) is 0 Å². The average molecular weight is 489 g/mol. The van der Waals surface area contributed by atoms with Gasteiger partial charge in [-0.1, -0.05) is 12.1 Å². The largest absolute Gasteiger partial charge is 0.456 e. The molecule has 2 aromatic rings. The molecule has 0 unspecified atom stereocenters. The number of nitro groups is 1. The van der Waals surface area contributed by atoms with E-state index in [1.807, 2.05) is 4.72 Å². The summed E-state index contributed by atoms with van der Waals surface area (Å²) in [5, 5.41) is 11.2. The summed E-state index contributed by atoms with van der Waals surface area (Å²) < 4.78 is 69.4. The van der Waals surface area contributed by atoms with Gasteiger partial charge in [-0.15, -0.1) is 0 Å². The Labute approximate surface area is 186 Å². The van der Waals surface area contributed by atoms with Crippen molar-refractivity contribution in [2.24, 2.45) is 0 Å². The zero-order valence-corrected chi connectivity index (χ0v) is 18.1. The van der Waals surface area contributed by atoms with Crippen LogP contribution in [-0.4, -0.2) is 52.3 Å². The van der Waals surface area contributed by atoms with Crippen LogP contribution in [0.1, 0.15) is 15.9 Å². The van der Waals surface area contributed by atoms with Gasteiger partial charge in [0, 0.05) is 25.7 Å². The first-order chi connectivity index (χ1) is 15.2. The van der Waals surface area contributed by atoms with E-state index in [4.69, 9.17) is 0 Å². The second-order valence-electron chi connectivity index (χ2n) is 6.79. The maximum Gasteiger partial charge on any atom is 0.416 e. The SMILES string of the molecule is CN(C)c1ccc(S(=O)(=O)NCC(=O)OCC(=O)c2cccc(C(F)(F)F)c2)cc1[N+](=O)[O-]. The fourth-order valence-corrected chi connectivity index (χ4v) is 3.57. The molecule has 0 heterocycles. The maximum atomic E-state index is 12.7. The molecule has 0 bridgehead atoms. The molecule has 10 nitrogen and oxygen atoms in total. The van der Waals surface area contributed by atoms with E-state index in [-0.39, 0.29) is 11.3 Å². The summed E-state index contributed by atoms with van der Waals surface area (Å²) in [6, 6.07) is 6.65. The average Bonchev–Trinajstić information content (AvgIpc) is 2.75. The van der Waals surface area contributed by atoms with Crippen LogP contribution in [0.25, 0.3) is 0 Å². The number of rotatable bonds is 9. The van der Waals surface area contributed by atoms with Crippen molar-refractivity contribution in [1.82, 2.24) is 4.72 Å². The van der Waals surface area contributed by atoms with E-state index in [1.54, 1.807) is 0 Å². The van der Waals surface area contributed by atoms with Gasteiger partial charge < -0.3 is 9.64 Å². The Kier molecular flexibility index (Phi) is 7.76. The van der Waals surface area contributed by atoms with Crippen LogP contribution in [0.2, 0.25) is 0 Å². The number of nitrogens with one attached hydrogen (secondary N) is 1. The summed E-state index contributed by atoms with van der Waals surface area (Å²) >= 11 is 0. The van der Waals surface area contributed by atoms with Crippen LogP contribution in [-0.2, 0) is 25.7 Å². The van der Waals surface area contributed by atoms with Crippen molar-refractivity contribution in [3.05, 3.63) is 63.7 Å². The highest BCUT2D eigenvalue weighted by atomic mass is 32.2. The molecule has 0 fully saturated rings. The van der Waals surface area contributed by atoms with E-state index < -0.39 is 62.2 Å². The second-order valence-corrected chi connectivity index (χ2v) is 8.56. The van der Waals surface area contributed by atoms with Crippen LogP contribution >= 0.6 is 0 Å². The molecule has 0 aliphatic heterocycles. The van der Waals surface area contributed by atoms with E-state index in [9.17, 15) is 41.3 Å². The number of hydrogen-bond donors (Lipinski definition) is 1. The summed E-state index contributed by atoms with van der Waals surface area (Å²) in [4.78, 5) is 35.2. The highest BCUT2D eigenvalue weighted by Gasteiger charge is 2.31. The number of benzene rings is 2. The zero-order chi connectivity index (χ0) is 25.0. The molecule has 2 aromatic carbocycles. The van der Waals surface area contributed by atoms with Gasteiger partial charge in [0.1, 0.15) is 12.2 Å². The van der Waals surface area contributed by atoms with Crippen LogP contribution in [0, 0.1) is 10.1 Å². The topological polar surface area (TPSA) is 136 Å². The van der Waals surface area contributed by atoms with Gasteiger partial charge in [-0.3, -0.25) is 19.7 Å². The lowest BCUT2D eigenvalue weighted by molar-refractivity contribution is -0.384. The minimum atomic E-state index is -4.66. The molecule has 0 aromatic heterocycles. The van der Waals surface area contributed by atoms with Crippen LogP contribution in [0.15, 0.2) is 47.4 Å². The highest BCUT2D eigenvalue weighted by molar-refractivity contribution is 7.89. The standard InChI is InChI=1S/C19H18F3N3O7S/c1-24(2)15-7-6-14(9-16(15)25(28)29)33(30,31)23-10-18(27)32-11-17(26)12-4-3-5-13(8-12)19(20,21)22/h3-9,23H,10-11H2,1-2H3. The number of hydrogen-bond acceptors (Lipinski definition) is 8. The number of halogens is 3. The monoisotopic (exact) mass is 489 g/mol. The van der Waals surface area contributed by atoms with Gasteiger partial charge in [-0.05, 0) is 24.3 Å². The van der Waals surface area contributed by atoms with E-state index in [0.717, 1.165) is 30.3 Å². The molecule has 0 aliphatic carbocycles. The molecule has 0 amide bonds. The smallest absolute Gasteiger partial charge is 0.416 e. The lowest BCUT2D eigenvalue weighted by Gasteiger charge is -2.13. The van der Waals surface area contributed by atoms with E-state index in [2.05, 4.69) is 4.74 Å². The molecule has 178 valence electrons. The molecule has 0 saturated heterocycles. The van der Waals surface area contributed by atoms with E-state index in [0.29, 0.717) is 6.07 Å². The fourth-order valence-electron chi connectivity index (χ4n) is 2.58. The van der Waals surface area contributed by atoms with Gasteiger partial charge >= 0.3 is 12.1 Å². The predicted octanol–water partition coefficient (Wildman–Crippen LogP) is 2.38. The molecule has 0 aliphatic rings. The van der Waals surface area contributed by atoms with Crippen LogP contribution < -0.4 is 9.62 Å². The molecule has 2 rings (SSSR count). The van der Waals surface area contributed by atoms with Crippen molar-refractivity contribution < 1.29 is 40.8 Å². The van der Waals surface area contributed by atoms with Gasteiger partial charge in [0.2, 0.25) is 10.0 Å². The van der Waals surface area contributed by atoms with Crippen LogP contribution in [0.3, 0.4) is 0 Å². The second kappa shape index (κ2) is 9.95. The minimum absolute atomic E-state index is 0.159. The van der Waals surface area contributed by atoms with Gasteiger partial charge in [0.15, 0.2) is 12.4 Å².